The fourth-order valence-corrected chi connectivity index (χ4v) is 2.30. The van der Waals surface area contributed by atoms with Crippen LogP contribution in [0.3, 0.4) is 0 Å². The molecule has 1 saturated carbocycles. The van der Waals surface area contributed by atoms with Crippen molar-refractivity contribution in [2.75, 3.05) is 13.2 Å². The van der Waals surface area contributed by atoms with Crippen molar-refractivity contribution in [2.24, 2.45) is 5.92 Å². The first kappa shape index (κ1) is 14.8. The molecule has 0 amide bonds. The van der Waals surface area contributed by atoms with Crippen LogP contribution in [0.1, 0.15) is 31.7 Å². The van der Waals surface area contributed by atoms with Gasteiger partial charge in [-0.05, 0) is 62.4 Å². The van der Waals surface area contributed by atoms with E-state index in [-0.39, 0.29) is 5.82 Å². The molecule has 108 valence electrons. The van der Waals surface area contributed by atoms with Crippen LogP contribution in [0.5, 0.6) is 5.75 Å². The molecule has 1 aromatic rings. The van der Waals surface area contributed by atoms with Gasteiger partial charge in [-0.25, -0.2) is 4.39 Å². The maximum atomic E-state index is 13.2. The highest BCUT2D eigenvalue weighted by atomic mass is 19.1. The number of nitriles is 1. The lowest BCUT2D eigenvalue weighted by Gasteiger charge is -2.28. The summed E-state index contributed by atoms with van der Waals surface area (Å²) in [4.78, 5) is 0. The molecule has 3 nitrogen and oxygen atoms in total. The van der Waals surface area contributed by atoms with E-state index in [1.807, 2.05) is 0 Å². The van der Waals surface area contributed by atoms with Gasteiger partial charge in [-0.15, -0.1) is 0 Å². The minimum Gasteiger partial charge on any atom is -0.491 e. The smallest absolute Gasteiger partial charge is 0.143 e. The first-order valence-corrected chi connectivity index (χ1v) is 7.16. The van der Waals surface area contributed by atoms with Crippen molar-refractivity contribution in [3.8, 4) is 11.8 Å². The maximum Gasteiger partial charge on any atom is 0.143 e. The van der Waals surface area contributed by atoms with Gasteiger partial charge in [0.25, 0.3) is 0 Å². The molecule has 20 heavy (non-hydrogen) atoms. The van der Waals surface area contributed by atoms with Gasteiger partial charge in [-0.1, -0.05) is 6.92 Å². The highest BCUT2D eigenvalue weighted by molar-refractivity contribution is 5.29. The summed E-state index contributed by atoms with van der Waals surface area (Å²) in [5.74, 6) is 0.735. The van der Waals surface area contributed by atoms with Crippen LogP contribution in [0.25, 0.3) is 0 Å². The van der Waals surface area contributed by atoms with Crippen LogP contribution in [0.4, 0.5) is 4.39 Å². The Morgan fingerprint density at radius 2 is 2.25 bits per heavy atom. The molecule has 1 aliphatic rings. The molecule has 0 aliphatic heterocycles. The Kier molecular flexibility index (Phi) is 4.61. The van der Waals surface area contributed by atoms with Crippen LogP contribution in [0.15, 0.2) is 18.2 Å². The van der Waals surface area contributed by atoms with Gasteiger partial charge in [0.15, 0.2) is 0 Å². The van der Waals surface area contributed by atoms with E-state index in [4.69, 9.17) is 4.74 Å². The van der Waals surface area contributed by atoms with Crippen LogP contribution < -0.4 is 10.1 Å². The minimum atomic E-state index is -0.613. The van der Waals surface area contributed by atoms with Gasteiger partial charge in [0.1, 0.15) is 23.7 Å². The standard InChI is InChI=1S/C16H21FN2O/c1-3-8-19-16(10-18,13-4-5-13)11-20-14-6-7-15(17)12(2)9-14/h6-7,9,13,19H,3-5,8,11H2,1-2H3. The van der Waals surface area contributed by atoms with E-state index in [1.165, 1.54) is 6.07 Å². The Hall–Kier alpha value is -1.60. The number of halogens is 1. The lowest BCUT2D eigenvalue weighted by molar-refractivity contribution is 0.202. The van der Waals surface area contributed by atoms with Gasteiger partial charge >= 0.3 is 0 Å². The van der Waals surface area contributed by atoms with Crippen molar-refractivity contribution in [3.05, 3.63) is 29.6 Å². The number of nitrogens with zero attached hydrogens (tertiary/aromatic N) is 1. The second kappa shape index (κ2) is 6.23. The Bertz CT molecular complexity index is 508. The monoisotopic (exact) mass is 276 g/mol. The summed E-state index contributed by atoms with van der Waals surface area (Å²) in [5, 5.41) is 12.9. The van der Waals surface area contributed by atoms with Gasteiger partial charge in [0.05, 0.1) is 6.07 Å². The van der Waals surface area contributed by atoms with Crippen molar-refractivity contribution in [2.45, 2.75) is 38.6 Å². The summed E-state index contributed by atoms with van der Waals surface area (Å²) in [6.07, 6.45) is 3.11. The zero-order valence-electron chi connectivity index (χ0n) is 12.1. The highest BCUT2D eigenvalue weighted by Crippen LogP contribution is 2.39. The van der Waals surface area contributed by atoms with E-state index >= 15 is 0 Å². The molecular weight excluding hydrogens is 255 g/mol. The molecule has 0 heterocycles. The predicted octanol–water partition coefficient (Wildman–Crippen LogP) is 3.18. The fraction of sp³-hybridized carbons (Fsp3) is 0.562. The lowest BCUT2D eigenvalue weighted by Crippen LogP contribution is -2.51. The second-order valence-corrected chi connectivity index (χ2v) is 5.48. The van der Waals surface area contributed by atoms with Gasteiger partial charge in [-0.2, -0.15) is 5.26 Å². The number of benzene rings is 1. The average Bonchev–Trinajstić information content (AvgIpc) is 3.28. The van der Waals surface area contributed by atoms with E-state index in [2.05, 4.69) is 18.3 Å². The quantitative estimate of drug-likeness (QED) is 0.832. The zero-order valence-corrected chi connectivity index (χ0v) is 12.1. The Balaban J connectivity index is 2.04. The number of hydrogen-bond acceptors (Lipinski definition) is 3. The van der Waals surface area contributed by atoms with Crippen molar-refractivity contribution in [1.29, 1.82) is 5.26 Å². The summed E-state index contributed by atoms with van der Waals surface area (Å²) in [7, 11) is 0. The third kappa shape index (κ3) is 3.29. The summed E-state index contributed by atoms with van der Waals surface area (Å²) in [5.41, 5.74) is -0.0591. The molecule has 0 saturated heterocycles. The number of rotatable bonds is 7. The van der Waals surface area contributed by atoms with Crippen molar-refractivity contribution >= 4 is 0 Å². The van der Waals surface area contributed by atoms with Crippen molar-refractivity contribution in [3.63, 3.8) is 0 Å². The predicted molar refractivity (Wildman–Crippen MR) is 76.0 cm³/mol. The molecule has 1 aliphatic carbocycles. The van der Waals surface area contributed by atoms with Gasteiger partial charge < -0.3 is 4.74 Å². The van der Waals surface area contributed by atoms with Crippen molar-refractivity contribution in [1.82, 2.24) is 5.32 Å². The summed E-state index contributed by atoms with van der Waals surface area (Å²) >= 11 is 0. The van der Waals surface area contributed by atoms with Gasteiger partial charge in [0, 0.05) is 0 Å². The molecule has 0 aromatic heterocycles. The van der Waals surface area contributed by atoms with Crippen LogP contribution in [-0.4, -0.2) is 18.7 Å². The third-order valence-electron chi connectivity index (χ3n) is 3.76. The normalized spacial score (nSPS) is 17.3. The van der Waals surface area contributed by atoms with E-state index in [1.54, 1.807) is 19.1 Å². The molecule has 4 heteroatoms. The first-order valence-electron chi connectivity index (χ1n) is 7.16. The Morgan fingerprint density at radius 3 is 2.80 bits per heavy atom. The molecule has 0 spiro atoms. The van der Waals surface area contributed by atoms with Crippen LogP contribution in [0, 0.1) is 30.0 Å². The average molecular weight is 276 g/mol. The van der Waals surface area contributed by atoms with Crippen LogP contribution in [-0.2, 0) is 0 Å². The maximum absolute atomic E-state index is 13.2. The second-order valence-electron chi connectivity index (χ2n) is 5.48. The summed E-state index contributed by atoms with van der Waals surface area (Å²) in [6, 6.07) is 7.08. The minimum absolute atomic E-state index is 0.241. The molecular formula is C16H21FN2O. The van der Waals surface area contributed by atoms with E-state index in [0.29, 0.717) is 23.8 Å². The van der Waals surface area contributed by atoms with Crippen molar-refractivity contribution < 1.29 is 9.13 Å². The largest absolute Gasteiger partial charge is 0.491 e. The molecule has 1 atom stereocenters. The molecule has 0 radical (unpaired) electrons. The SMILES string of the molecule is CCCNC(C#N)(COc1ccc(F)c(C)c1)C1CC1. The molecule has 1 aromatic carbocycles. The molecule has 1 unspecified atom stereocenters. The highest BCUT2D eigenvalue weighted by Gasteiger charge is 2.46. The van der Waals surface area contributed by atoms with E-state index in [9.17, 15) is 9.65 Å². The first-order chi connectivity index (χ1) is 9.61. The van der Waals surface area contributed by atoms with E-state index in [0.717, 1.165) is 25.8 Å². The van der Waals surface area contributed by atoms with E-state index < -0.39 is 5.54 Å². The molecule has 1 N–H and O–H groups in total. The van der Waals surface area contributed by atoms with Gasteiger partial charge in [0.2, 0.25) is 0 Å². The number of ether oxygens (including phenoxy) is 1. The zero-order chi connectivity index (χ0) is 14.6. The lowest BCUT2D eigenvalue weighted by atomic mass is 9.96. The molecule has 1 fully saturated rings. The number of hydrogen-bond donors (Lipinski definition) is 1. The van der Waals surface area contributed by atoms with Crippen LogP contribution >= 0.6 is 0 Å². The summed E-state index contributed by atoms with van der Waals surface area (Å²) in [6.45, 7) is 4.89. The van der Waals surface area contributed by atoms with Gasteiger partial charge in [-0.3, -0.25) is 5.32 Å². The Morgan fingerprint density at radius 1 is 1.50 bits per heavy atom. The topological polar surface area (TPSA) is 45.0 Å². The third-order valence-corrected chi connectivity index (χ3v) is 3.76. The molecule has 0 bridgehead atoms. The fourth-order valence-electron chi connectivity index (χ4n) is 2.30. The van der Waals surface area contributed by atoms with Crippen LogP contribution in [0.2, 0.25) is 0 Å². The number of nitrogens with one attached hydrogen (secondary N) is 1. The number of aryl methyl sites for hydroxylation is 1. The Labute approximate surface area is 119 Å². The molecule has 2 rings (SSSR count). The summed E-state index contributed by atoms with van der Waals surface area (Å²) < 4.78 is 19.0.